The second kappa shape index (κ2) is 7.06. The van der Waals surface area contributed by atoms with Gasteiger partial charge in [0.1, 0.15) is 16.2 Å². The number of hydrogen-bond donors (Lipinski definition) is 2. The lowest BCUT2D eigenvalue weighted by atomic mass is 9.89. The van der Waals surface area contributed by atoms with Gasteiger partial charge in [-0.1, -0.05) is 18.7 Å². The molecule has 0 fully saturated rings. The van der Waals surface area contributed by atoms with E-state index in [9.17, 15) is 9.59 Å². The molecule has 0 bridgehead atoms. The second-order valence-corrected chi connectivity index (χ2v) is 8.45. The highest BCUT2D eigenvalue weighted by Gasteiger charge is 2.25. The number of thiophene rings is 1. The summed E-state index contributed by atoms with van der Waals surface area (Å²) in [6, 6.07) is -0.498. The van der Waals surface area contributed by atoms with Crippen molar-refractivity contribution in [1.82, 2.24) is 20.6 Å². The largest absolute Gasteiger partial charge is 0.341 e. The molecule has 2 N–H and O–H groups in total. The van der Waals surface area contributed by atoms with Crippen LogP contribution in [0.1, 0.15) is 30.7 Å². The molecule has 3 amide bonds. The maximum absolute atomic E-state index is 12.1. The molecule has 24 heavy (non-hydrogen) atoms. The van der Waals surface area contributed by atoms with Gasteiger partial charge in [0.25, 0.3) is 0 Å². The molecule has 6 nitrogen and oxygen atoms in total. The number of urea groups is 1. The number of carbonyl (C=O) groups is 2. The van der Waals surface area contributed by atoms with Gasteiger partial charge in [-0.05, 0) is 37.7 Å². The minimum Gasteiger partial charge on any atom is -0.341 e. The van der Waals surface area contributed by atoms with E-state index >= 15 is 0 Å². The van der Waals surface area contributed by atoms with Crippen LogP contribution < -0.4 is 10.6 Å². The fourth-order valence-electron chi connectivity index (χ4n) is 2.83. The number of nitrogens with zero attached hydrogens (tertiary/aromatic N) is 2. The number of hydrogen-bond acceptors (Lipinski definition) is 6. The highest BCUT2D eigenvalue weighted by atomic mass is 32.2. The van der Waals surface area contributed by atoms with E-state index < -0.39 is 11.3 Å². The summed E-state index contributed by atoms with van der Waals surface area (Å²) in [5.41, 5.74) is 1.34. The molecule has 0 aromatic carbocycles. The fraction of sp³-hybridized carbons (Fsp3) is 0.500. The standard InChI is InChI=1S/C16H20N4O2S2/c1-8-4-5-10-11(6-8)24-15-12(10)14(18-7-19-15)23-9(2)13(21)20-16(22)17-3/h7-9H,4-6H2,1-3H3,(H2,17,20,21,22)/t8-,9+/m1/s1. The van der Waals surface area contributed by atoms with Crippen LogP contribution in [0.5, 0.6) is 0 Å². The minimum atomic E-state index is -0.498. The number of aromatic nitrogens is 2. The van der Waals surface area contributed by atoms with Gasteiger partial charge in [-0.15, -0.1) is 11.3 Å². The van der Waals surface area contributed by atoms with Gasteiger partial charge in [-0.25, -0.2) is 14.8 Å². The molecule has 0 saturated carbocycles. The van der Waals surface area contributed by atoms with E-state index in [1.165, 1.54) is 35.7 Å². The Hall–Kier alpha value is -1.67. The number of aryl methyl sites for hydroxylation is 1. The molecule has 0 aliphatic heterocycles. The summed E-state index contributed by atoms with van der Waals surface area (Å²) in [6.45, 7) is 4.05. The van der Waals surface area contributed by atoms with E-state index in [0.717, 1.165) is 28.1 Å². The van der Waals surface area contributed by atoms with Crippen molar-refractivity contribution in [1.29, 1.82) is 0 Å². The molecule has 2 atom stereocenters. The molecular weight excluding hydrogens is 344 g/mol. The summed E-state index contributed by atoms with van der Waals surface area (Å²) in [6.07, 6.45) is 4.85. The SMILES string of the molecule is CNC(=O)NC(=O)[C@H](C)Sc1ncnc2sc3c(c12)CC[C@@H](C)C3. The van der Waals surface area contributed by atoms with Gasteiger partial charge >= 0.3 is 6.03 Å². The zero-order chi connectivity index (χ0) is 17.3. The highest BCUT2D eigenvalue weighted by molar-refractivity contribution is 8.00. The van der Waals surface area contributed by atoms with Gasteiger partial charge in [-0.2, -0.15) is 0 Å². The maximum atomic E-state index is 12.1. The number of nitrogens with one attached hydrogen (secondary N) is 2. The molecule has 2 aromatic rings. The van der Waals surface area contributed by atoms with Crippen LogP contribution >= 0.6 is 23.1 Å². The monoisotopic (exact) mass is 364 g/mol. The van der Waals surface area contributed by atoms with Gasteiger partial charge in [0, 0.05) is 17.3 Å². The average molecular weight is 364 g/mol. The number of imide groups is 1. The second-order valence-electron chi connectivity index (χ2n) is 6.04. The first-order chi connectivity index (χ1) is 11.5. The van der Waals surface area contributed by atoms with Crippen molar-refractivity contribution in [2.45, 2.75) is 43.4 Å². The number of carbonyl (C=O) groups excluding carboxylic acids is 2. The molecule has 0 spiro atoms. The number of fused-ring (bicyclic) bond motifs is 3. The van der Waals surface area contributed by atoms with Gasteiger partial charge in [0.05, 0.1) is 5.25 Å². The summed E-state index contributed by atoms with van der Waals surface area (Å²) >= 11 is 3.11. The van der Waals surface area contributed by atoms with E-state index in [1.54, 1.807) is 24.6 Å². The highest BCUT2D eigenvalue weighted by Crippen LogP contribution is 2.41. The first kappa shape index (κ1) is 17.2. The number of amides is 3. The molecule has 8 heteroatoms. The van der Waals surface area contributed by atoms with Crippen molar-refractivity contribution < 1.29 is 9.59 Å². The van der Waals surface area contributed by atoms with Crippen LogP contribution in [-0.2, 0) is 17.6 Å². The average Bonchev–Trinajstić information content (AvgIpc) is 2.92. The van der Waals surface area contributed by atoms with Gasteiger partial charge < -0.3 is 5.32 Å². The third-order valence-corrected chi connectivity index (χ3v) is 6.44. The van der Waals surface area contributed by atoms with E-state index in [4.69, 9.17) is 0 Å². The van der Waals surface area contributed by atoms with Crippen molar-refractivity contribution in [2.24, 2.45) is 5.92 Å². The Kier molecular flexibility index (Phi) is 5.05. The third-order valence-electron chi connectivity index (χ3n) is 4.18. The zero-order valence-corrected chi connectivity index (χ0v) is 15.5. The van der Waals surface area contributed by atoms with E-state index in [0.29, 0.717) is 5.92 Å². The molecular formula is C16H20N4O2S2. The Balaban J connectivity index is 1.87. The van der Waals surface area contributed by atoms with Gasteiger partial charge in [0.2, 0.25) is 5.91 Å². The Labute approximate surface area is 148 Å². The van der Waals surface area contributed by atoms with Crippen molar-refractivity contribution in [3.05, 3.63) is 16.8 Å². The smallest absolute Gasteiger partial charge is 0.321 e. The molecule has 2 aromatic heterocycles. The Morgan fingerprint density at radius 3 is 2.96 bits per heavy atom. The quantitative estimate of drug-likeness (QED) is 0.646. The van der Waals surface area contributed by atoms with E-state index in [-0.39, 0.29) is 5.91 Å². The summed E-state index contributed by atoms with van der Waals surface area (Å²) in [5.74, 6) is 0.371. The van der Waals surface area contributed by atoms with Crippen LogP contribution in [0.4, 0.5) is 4.79 Å². The van der Waals surface area contributed by atoms with Gasteiger partial charge in [0.15, 0.2) is 0 Å². The Morgan fingerprint density at radius 2 is 2.21 bits per heavy atom. The molecule has 1 aliphatic rings. The van der Waals surface area contributed by atoms with E-state index in [1.807, 2.05) is 0 Å². The number of thioether (sulfide) groups is 1. The van der Waals surface area contributed by atoms with Crippen molar-refractivity contribution in [3.8, 4) is 0 Å². The van der Waals surface area contributed by atoms with Crippen molar-refractivity contribution in [3.63, 3.8) is 0 Å². The molecule has 3 rings (SSSR count). The third kappa shape index (κ3) is 3.39. The fourth-order valence-corrected chi connectivity index (χ4v) is 5.19. The first-order valence-corrected chi connectivity index (χ1v) is 9.63. The van der Waals surface area contributed by atoms with Crippen LogP contribution in [0.2, 0.25) is 0 Å². The Bertz CT molecular complexity index is 790. The van der Waals surface area contributed by atoms with Crippen molar-refractivity contribution >= 4 is 45.3 Å². The lowest BCUT2D eigenvalue weighted by molar-refractivity contribution is -0.119. The molecule has 1 aliphatic carbocycles. The molecule has 0 unspecified atom stereocenters. The van der Waals surface area contributed by atoms with Crippen LogP contribution in [0, 0.1) is 5.92 Å². The van der Waals surface area contributed by atoms with Crippen molar-refractivity contribution in [2.75, 3.05) is 7.05 Å². The summed E-state index contributed by atoms with van der Waals surface area (Å²) in [5, 5.41) is 6.19. The van der Waals surface area contributed by atoms with Crippen LogP contribution in [0.3, 0.4) is 0 Å². The summed E-state index contributed by atoms with van der Waals surface area (Å²) < 4.78 is 0. The summed E-state index contributed by atoms with van der Waals surface area (Å²) in [4.78, 5) is 34.6. The van der Waals surface area contributed by atoms with E-state index in [2.05, 4.69) is 27.5 Å². The topological polar surface area (TPSA) is 84.0 Å². The molecule has 128 valence electrons. The normalized spacial score (nSPS) is 18.0. The lowest BCUT2D eigenvalue weighted by Crippen LogP contribution is -2.41. The first-order valence-electron chi connectivity index (χ1n) is 7.94. The van der Waals surface area contributed by atoms with Crippen LogP contribution in [-0.4, -0.2) is 34.2 Å². The summed E-state index contributed by atoms with van der Waals surface area (Å²) in [7, 11) is 1.48. The minimum absolute atomic E-state index is 0.330. The van der Waals surface area contributed by atoms with Crippen LogP contribution in [0.15, 0.2) is 11.4 Å². The molecule has 0 radical (unpaired) electrons. The molecule has 0 saturated heterocycles. The van der Waals surface area contributed by atoms with Gasteiger partial charge in [-0.3, -0.25) is 10.1 Å². The predicted octanol–water partition coefficient (Wildman–Crippen LogP) is 2.75. The predicted molar refractivity (Wildman–Crippen MR) is 96.5 cm³/mol. The Morgan fingerprint density at radius 1 is 1.42 bits per heavy atom. The maximum Gasteiger partial charge on any atom is 0.321 e. The lowest BCUT2D eigenvalue weighted by Gasteiger charge is -2.18. The zero-order valence-electron chi connectivity index (χ0n) is 13.9. The van der Waals surface area contributed by atoms with Crippen LogP contribution in [0.25, 0.3) is 10.2 Å². The molecule has 2 heterocycles. The number of rotatable bonds is 3.